The number of alkyl halides is 1. The Morgan fingerprint density at radius 1 is 1.57 bits per heavy atom. The Bertz CT molecular complexity index is 660. The summed E-state index contributed by atoms with van der Waals surface area (Å²) < 4.78 is 26.9. The number of aliphatic hydroxyl groups excluding tert-OH is 1. The molecule has 3 heterocycles. The minimum Gasteiger partial charge on any atom is -0.397 e. The van der Waals surface area contributed by atoms with Gasteiger partial charge in [-0.2, -0.15) is 0 Å². The van der Waals surface area contributed by atoms with E-state index in [4.69, 9.17) is 15.2 Å². The number of fused-ring (bicyclic) bond motifs is 1. The lowest BCUT2D eigenvalue weighted by molar-refractivity contribution is -0.0621. The molecule has 7 nitrogen and oxygen atoms in total. The number of pyridine rings is 1. The fourth-order valence-corrected chi connectivity index (χ4v) is 2.64. The molecule has 2 aromatic rings. The van der Waals surface area contributed by atoms with Crippen LogP contribution in [0.1, 0.15) is 13.2 Å². The van der Waals surface area contributed by atoms with Crippen molar-refractivity contribution in [2.45, 2.75) is 31.0 Å². The van der Waals surface area contributed by atoms with E-state index in [0.717, 1.165) is 0 Å². The minimum atomic E-state index is -2.00. The molecule has 0 aliphatic carbocycles. The topological polar surface area (TPSA) is 95.4 Å². The molecule has 0 amide bonds. The molecule has 0 radical (unpaired) electrons. The third-order valence-electron chi connectivity index (χ3n) is 3.79. The molecule has 0 saturated carbocycles. The molecule has 3 N–H and O–H groups in total. The van der Waals surface area contributed by atoms with Crippen LogP contribution in [0.3, 0.4) is 0 Å². The van der Waals surface area contributed by atoms with Gasteiger partial charge in [0.2, 0.25) is 0 Å². The Balaban J connectivity index is 2.04. The molecule has 0 aromatic carbocycles. The standard InChI is InChI=1S/C13H17FN4O3/c1-13(14)10(19)8(5-20-2)21-12(13)18-6-17-9-7(15)3-4-16-11(9)18/h3-4,6,8,10,12,19H,5H2,1-2H3,(H2,15,16)/t8-,10-,12-,13-/m1/s1. The highest BCUT2D eigenvalue weighted by molar-refractivity contribution is 5.83. The molecule has 1 aliphatic rings. The fourth-order valence-electron chi connectivity index (χ4n) is 2.64. The van der Waals surface area contributed by atoms with Crippen LogP contribution >= 0.6 is 0 Å². The summed E-state index contributed by atoms with van der Waals surface area (Å²) in [5.41, 5.74) is 5.16. The Morgan fingerprint density at radius 3 is 3.05 bits per heavy atom. The Kier molecular flexibility index (Phi) is 3.31. The van der Waals surface area contributed by atoms with Crippen molar-refractivity contribution in [2.24, 2.45) is 0 Å². The third-order valence-corrected chi connectivity index (χ3v) is 3.79. The van der Waals surface area contributed by atoms with Crippen molar-refractivity contribution in [3.8, 4) is 0 Å². The van der Waals surface area contributed by atoms with E-state index in [-0.39, 0.29) is 6.61 Å². The number of hydrogen-bond donors (Lipinski definition) is 2. The zero-order valence-corrected chi connectivity index (χ0v) is 11.7. The van der Waals surface area contributed by atoms with Gasteiger partial charge < -0.3 is 20.3 Å². The number of imidazole rings is 1. The van der Waals surface area contributed by atoms with Gasteiger partial charge in [0.1, 0.15) is 17.7 Å². The van der Waals surface area contributed by atoms with Crippen LogP contribution in [-0.4, -0.2) is 51.2 Å². The second kappa shape index (κ2) is 4.90. The minimum absolute atomic E-state index is 0.0966. The van der Waals surface area contributed by atoms with E-state index in [1.807, 2.05) is 0 Å². The quantitative estimate of drug-likeness (QED) is 0.863. The maximum absolute atomic E-state index is 14.9. The molecule has 0 spiro atoms. The average Bonchev–Trinajstić information content (AvgIpc) is 2.95. The Hall–Kier alpha value is -1.77. The molecule has 0 unspecified atom stereocenters. The van der Waals surface area contributed by atoms with Crippen molar-refractivity contribution in [2.75, 3.05) is 19.5 Å². The van der Waals surface area contributed by atoms with Crippen LogP contribution < -0.4 is 5.73 Å². The molecule has 0 bridgehead atoms. The summed E-state index contributed by atoms with van der Waals surface area (Å²) >= 11 is 0. The predicted octanol–water partition coefficient (Wildman–Crippen LogP) is 0.646. The highest BCUT2D eigenvalue weighted by atomic mass is 19.1. The van der Waals surface area contributed by atoms with E-state index in [1.165, 1.54) is 31.1 Å². The van der Waals surface area contributed by atoms with E-state index in [9.17, 15) is 9.50 Å². The number of hydrogen-bond acceptors (Lipinski definition) is 6. The maximum atomic E-state index is 14.9. The molecule has 1 aliphatic heterocycles. The molecule has 1 saturated heterocycles. The molecule has 1 fully saturated rings. The summed E-state index contributed by atoms with van der Waals surface area (Å²) in [5.74, 6) is 0. The molecule has 8 heteroatoms. The number of ether oxygens (including phenoxy) is 2. The average molecular weight is 296 g/mol. The van der Waals surface area contributed by atoms with E-state index in [0.29, 0.717) is 16.9 Å². The number of rotatable bonds is 3. The number of nitrogens with zero attached hydrogens (tertiary/aromatic N) is 3. The van der Waals surface area contributed by atoms with E-state index in [2.05, 4.69) is 9.97 Å². The second-order valence-electron chi connectivity index (χ2n) is 5.30. The molecule has 3 rings (SSSR count). The molecular weight excluding hydrogens is 279 g/mol. The number of anilines is 1. The van der Waals surface area contributed by atoms with Gasteiger partial charge in [0.15, 0.2) is 17.5 Å². The number of nitrogens with two attached hydrogens (primary N) is 1. The molecule has 21 heavy (non-hydrogen) atoms. The lowest BCUT2D eigenvalue weighted by Gasteiger charge is -2.24. The summed E-state index contributed by atoms with van der Waals surface area (Å²) in [7, 11) is 1.47. The van der Waals surface area contributed by atoms with Gasteiger partial charge in [-0.15, -0.1) is 0 Å². The summed E-state index contributed by atoms with van der Waals surface area (Å²) in [6.45, 7) is 1.38. The summed E-state index contributed by atoms with van der Waals surface area (Å²) in [6.07, 6.45) is -0.177. The zero-order chi connectivity index (χ0) is 15.2. The molecule has 2 aromatic heterocycles. The van der Waals surface area contributed by atoms with Crippen LogP contribution in [0.5, 0.6) is 0 Å². The van der Waals surface area contributed by atoms with Crippen molar-refractivity contribution in [3.05, 3.63) is 18.6 Å². The van der Waals surface area contributed by atoms with Crippen molar-refractivity contribution in [3.63, 3.8) is 0 Å². The first kappa shape index (κ1) is 14.2. The van der Waals surface area contributed by atoms with Gasteiger partial charge in [0, 0.05) is 13.3 Å². The highest BCUT2D eigenvalue weighted by Gasteiger charge is 2.55. The summed E-state index contributed by atoms with van der Waals surface area (Å²) in [6, 6.07) is 1.62. The number of methoxy groups -OCH3 is 1. The zero-order valence-electron chi connectivity index (χ0n) is 11.7. The van der Waals surface area contributed by atoms with Crippen LogP contribution in [-0.2, 0) is 9.47 Å². The first-order chi connectivity index (χ1) is 9.96. The Labute approximate surface area is 120 Å². The summed E-state index contributed by atoms with van der Waals surface area (Å²) in [4.78, 5) is 8.31. The van der Waals surface area contributed by atoms with Gasteiger partial charge in [-0.25, -0.2) is 14.4 Å². The first-order valence-corrected chi connectivity index (χ1v) is 6.55. The lowest BCUT2D eigenvalue weighted by atomic mass is 9.98. The largest absolute Gasteiger partial charge is 0.397 e. The third kappa shape index (κ3) is 2.06. The van der Waals surface area contributed by atoms with Crippen LogP contribution in [0.2, 0.25) is 0 Å². The fraction of sp³-hybridized carbons (Fsp3) is 0.538. The van der Waals surface area contributed by atoms with Crippen LogP contribution in [0.25, 0.3) is 11.2 Å². The number of aromatic nitrogens is 3. The lowest BCUT2D eigenvalue weighted by Crippen LogP contribution is -2.40. The van der Waals surface area contributed by atoms with Crippen molar-refractivity contribution < 1.29 is 19.0 Å². The van der Waals surface area contributed by atoms with E-state index < -0.39 is 24.1 Å². The molecule has 114 valence electrons. The second-order valence-corrected chi connectivity index (χ2v) is 5.30. The Morgan fingerprint density at radius 2 is 2.33 bits per heavy atom. The van der Waals surface area contributed by atoms with E-state index >= 15 is 0 Å². The van der Waals surface area contributed by atoms with Crippen molar-refractivity contribution in [1.82, 2.24) is 14.5 Å². The molecule has 4 atom stereocenters. The van der Waals surface area contributed by atoms with Gasteiger partial charge in [0.25, 0.3) is 0 Å². The number of nitrogen functional groups attached to an aromatic ring is 1. The first-order valence-electron chi connectivity index (χ1n) is 6.55. The van der Waals surface area contributed by atoms with Gasteiger partial charge in [-0.1, -0.05) is 0 Å². The predicted molar refractivity (Wildman–Crippen MR) is 73.2 cm³/mol. The number of halogens is 1. The monoisotopic (exact) mass is 296 g/mol. The van der Waals surface area contributed by atoms with Crippen molar-refractivity contribution in [1.29, 1.82) is 0 Å². The van der Waals surface area contributed by atoms with Crippen LogP contribution in [0, 0.1) is 0 Å². The van der Waals surface area contributed by atoms with E-state index in [1.54, 1.807) is 6.07 Å². The summed E-state index contributed by atoms with van der Waals surface area (Å²) in [5, 5.41) is 10.1. The van der Waals surface area contributed by atoms with Crippen LogP contribution in [0.15, 0.2) is 18.6 Å². The van der Waals surface area contributed by atoms with Gasteiger partial charge >= 0.3 is 0 Å². The van der Waals surface area contributed by atoms with Gasteiger partial charge in [-0.05, 0) is 13.0 Å². The highest BCUT2D eigenvalue weighted by Crippen LogP contribution is 2.42. The molecular formula is C13H17FN4O3. The van der Waals surface area contributed by atoms with Crippen molar-refractivity contribution >= 4 is 16.9 Å². The normalized spacial score (nSPS) is 32.9. The van der Waals surface area contributed by atoms with Crippen LogP contribution in [0.4, 0.5) is 10.1 Å². The maximum Gasteiger partial charge on any atom is 0.181 e. The van der Waals surface area contributed by atoms with Gasteiger partial charge in [-0.3, -0.25) is 4.57 Å². The van der Waals surface area contributed by atoms with Gasteiger partial charge in [0.05, 0.1) is 18.6 Å². The SMILES string of the molecule is COC[C@H]1O[C@@H](n2cnc3c(N)ccnc32)[C@](C)(F)[C@@H]1O. The number of aliphatic hydroxyl groups is 1. The smallest absolute Gasteiger partial charge is 0.181 e.